The number of amides is 1. The summed E-state index contributed by atoms with van der Waals surface area (Å²) in [5.41, 5.74) is 1.67. The van der Waals surface area contributed by atoms with E-state index < -0.39 is 12.1 Å². The molecule has 4 bridgehead atoms. The van der Waals surface area contributed by atoms with Gasteiger partial charge in [0.1, 0.15) is 0 Å². The molecule has 1 amide bonds. The molecule has 0 unspecified atom stereocenters. The fraction of sp³-hybridized carbons (Fsp3) is 0.611. The van der Waals surface area contributed by atoms with E-state index in [1.165, 1.54) is 44.1 Å². The summed E-state index contributed by atoms with van der Waals surface area (Å²) in [7, 11) is 0. The van der Waals surface area contributed by atoms with Crippen LogP contribution in [-0.2, 0) is 10.2 Å². The second kappa shape index (κ2) is 4.99. The number of hydrogen-bond acceptors (Lipinski definition) is 1. The van der Waals surface area contributed by atoms with E-state index in [9.17, 15) is 18.0 Å². The van der Waals surface area contributed by atoms with Crippen LogP contribution in [0.5, 0.6) is 0 Å². The lowest BCUT2D eigenvalue weighted by Gasteiger charge is -2.57. The molecule has 0 aromatic heterocycles. The highest BCUT2D eigenvalue weighted by molar-refractivity contribution is 5.94. The largest absolute Gasteiger partial charge is 0.471 e. The van der Waals surface area contributed by atoms with Gasteiger partial charge in [0.25, 0.3) is 0 Å². The highest BCUT2D eigenvalue weighted by Crippen LogP contribution is 2.60. The first-order chi connectivity index (χ1) is 10.8. The zero-order valence-corrected chi connectivity index (χ0v) is 12.8. The molecule has 4 fully saturated rings. The van der Waals surface area contributed by atoms with Gasteiger partial charge >= 0.3 is 12.1 Å². The number of rotatable bonds is 2. The number of nitrogens with one attached hydrogen (secondary N) is 1. The molecule has 4 saturated carbocycles. The maximum atomic E-state index is 12.3. The minimum Gasteiger partial charge on any atom is -0.318 e. The molecule has 0 saturated heterocycles. The van der Waals surface area contributed by atoms with Crippen LogP contribution in [0.15, 0.2) is 24.3 Å². The average molecular weight is 323 g/mol. The molecule has 0 atom stereocenters. The molecule has 5 heteroatoms. The number of carbonyl (C=O) groups excluding carboxylic acids is 1. The second-order valence-corrected chi connectivity index (χ2v) is 7.73. The van der Waals surface area contributed by atoms with Crippen LogP contribution in [0.1, 0.15) is 44.1 Å². The SMILES string of the molecule is O=C(Nc1ccc(C23CC4CC(CC(C4)C2)C3)cc1)C(F)(F)F. The van der Waals surface area contributed by atoms with Crippen molar-refractivity contribution in [2.75, 3.05) is 5.32 Å². The van der Waals surface area contributed by atoms with Gasteiger partial charge in [-0.1, -0.05) is 12.1 Å². The molecule has 2 nitrogen and oxygen atoms in total. The molecule has 1 aromatic rings. The first-order valence-electron chi connectivity index (χ1n) is 8.33. The molecule has 124 valence electrons. The van der Waals surface area contributed by atoms with Gasteiger partial charge in [0, 0.05) is 5.69 Å². The molecular formula is C18H20F3NO. The van der Waals surface area contributed by atoms with E-state index >= 15 is 0 Å². The van der Waals surface area contributed by atoms with Crippen molar-refractivity contribution in [3.05, 3.63) is 29.8 Å². The molecular weight excluding hydrogens is 303 g/mol. The Balaban J connectivity index is 1.54. The van der Waals surface area contributed by atoms with Gasteiger partial charge in [0.05, 0.1) is 0 Å². The predicted octanol–water partition coefficient (Wildman–Crippen LogP) is 4.66. The normalized spacial score (nSPS) is 35.3. The van der Waals surface area contributed by atoms with Crippen LogP contribution in [0.4, 0.5) is 18.9 Å². The number of benzene rings is 1. The molecule has 5 rings (SSSR count). The van der Waals surface area contributed by atoms with Crippen molar-refractivity contribution < 1.29 is 18.0 Å². The van der Waals surface area contributed by atoms with Crippen molar-refractivity contribution in [2.45, 2.75) is 50.1 Å². The van der Waals surface area contributed by atoms with Crippen molar-refractivity contribution in [3.63, 3.8) is 0 Å². The zero-order chi connectivity index (χ0) is 16.2. The van der Waals surface area contributed by atoms with Gasteiger partial charge in [-0.15, -0.1) is 0 Å². The van der Waals surface area contributed by atoms with Crippen LogP contribution in [0.2, 0.25) is 0 Å². The van der Waals surface area contributed by atoms with Gasteiger partial charge in [-0.05, 0) is 79.4 Å². The van der Waals surface area contributed by atoms with E-state index in [2.05, 4.69) is 0 Å². The minimum absolute atomic E-state index is 0.209. The lowest BCUT2D eigenvalue weighted by molar-refractivity contribution is -0.167. The highest BCUT2D eigenvalue weighted by Gasteiger charge is 2.51. The molecule has 1 N–H and O–H groups in total. The van der Waals surface area contributed by atoms with Crippen LogP contribution in [-0.4, -0.2) is 12.1 Å². The molecule has 0 heterocycles. The van der Waals surface area contributed by atoms with Crippen molar-refractivity contribution >= 4 is 11.6 Å². The maximum Gasteiger partial charge on any atom is 0.471 e. The molecule has 0 aliphatic heterocycles. The first kappa shape index (κ1) is 15.0. The minimum atomic E-state index is -4.85. The Labute approximate surface area is 133 Å². The third kappa shape index (κ3) is 2.64. The lowest BCUT2D eigenvalue weighted by atomic mass is 9.48. The average Bonchev–Trinajstić information content (AvgIpc) is 2.45. The number of halogens is 3. The van der Waals surface area contributed by atoms with Gasteiger partial charge in [-0.3, -0.25) is 4.79 Å². The van der Waals surface area contributed by atoms with E-state index in [0.29, 0.717) is 0 Å². The predicted molar refractivity (Wildman–Crippen MR) is 81.0 cm³/mol. The summed E-state index contributed by atoms with van der Waals surface area (Å²) in [4.78, 5) is 11.0. The first-order valence-corrected chi connectivity index (χ1v) is 8.33. The Morgan fingerprint density at radius 1 is 0.957 bits per heavy atom. The van der Waals surface area contributed by atoms with Gasteiger partial charge in [0.15, 0.2) is 0 Å². The molecule has 4 aliphatic carbocycles. The number of carbonyl (C=O) groups is 1. The Bertz CT molecular complexity index is 585. The summed E-state index contributed by atoms with van der Waals surface area (Å²) in [5, 5.41) is 1.92. The Kier molecular flexibility index (Phi) is 3.26. The summed E-state index contributed by atoms with van der Waals surface area (Å²) in [5.74, 6) is 0.558. The van der Waals surface area contributed by atoms with Gasteiger partial charge in [-0.2, -0.15) is 13.2 Å². The van der Waals surface area contributed by atoms with Crippen LogP contribution >= 0.6 is 0 Å². The topological polar surface area (TPSA) is 29.1 Å². The number of alkyl halides is 3. The lowest BCUT2D eigenvalue weighted by Crippen LogP contribution is -2.48. The van der Waals surface area contributed by atoms with Crippen LogP contribution in [0, 0.1) is 17.8 Å². The smallest absolute Gasteiger partial charge is 0.318 e. The third-order valence-electron chi connectivity index (χ3n) is 6.05. The fourth-order valence-electron chi connectivity index (χ4n) is 5.57. The Morgan fingerprint density at radius 2 is 1.43 bits per heavy atom. The van der Waals surface area contributed by atoms with Gasteiger partial charge in [-0.25, -0.2) is 0 Å². The Morgan fingerprint density at radius 3 is 1.87 bits per heavy atom. The van der Waals surface area contributed by atoms with Crippen LogP contribution in [0.25, 0.3) is 0 Å². The molecule has 0 spiro atoms. The van der Waals surface area contributed by atoms with E-state index in [4.69, 9.17) is 0 Å². The van der Waals surface area contributed by atoms with Crippen LogP contribution < -0.4 is 5.32 Å². The fourth-order valence-corrected chi connectivity index (χ4v) is 5.57. The number of hydrogen-bond donors (Lipinski definition) is 1. The van der Waals surface area contributed by atoms with E-state index in [1.54, 1.807) is 12.1 Å². The van der Waals surface area contributed by atoms with Crippen LogP contribution in [0.3, 0.4) is 0 Å². The summed E-state index contributed by atoms with van der Waals surface area (Å²) in [6.07, 6.45) is 2.88. The second-order valence-electron chi connectivity index (χ2n) is 7.73. The maximum absolute atomic E-state index is 12.3. The number of anilines is 1. The monoisotopic (exact) mass is 323 g/mol. The summed E-state index contributed by atoms with van der Waals surface area (Å²) in [6.45, 7) is 0. The Hall–Kier alpha value is -1.52. The van der Waals surface area contributed by atoms with Crippen molar-refractivity contribution in [1.29, 1.82) is 0 Å². The standard InChI is InChI=1S/C18H20F3NO/c19-18(20,21)16(23)22-15-3-1-14(2-4-15)17-8-11-5-12(9-17)7-13(6-11)10-17/h1-4,11-13H,5-10H2,(H,22,23). The van der Waals surface area contributed by atoms with E-state index in [-0.39, 0.29) is 11.1 Å². The van der Waals surface area contributed by atoms with Crippen molar-refractivity contribution in [2.24, 2.45) is 17.8 Å². The summed E-state index contributed by atoms with van der Waals surface area (Å²) >= 11 is 0. The molecule has 23 heavy (non-hydrogen) atoms. The summed E-state index contributed by atoms with van der Waals surface area (Å²) < 4.78 is 36.9. The van der Waals surface area contributed by atoms with Crippen molar-refractivity contribution in [1.82, 2.24) is 0 Å². The molecule has 1 aromatic carbocycles. The highest BCUT2D eigenvalue weighted by atomic mass is 19.4. The van der Waals surface area contributed by atoms with E-state index in [1.807, 2.05) is 17.4 Å². The molecule has 0 radical (unpaired) electrons. The quantitative estimate of drug-likeness (QED) is 0.843. The zero-order valence-electron chi connectivity index (χ0n) is 12.8. The van der Waals surface area contributed by atoms with Gasteiger partial charge in [0.2, 0.25) is 0 Å². The summed E-state index contributed by atoms with van der Waals surface area (Å²) in [6, 6.07) is 7.05. The van der Waals surface area contributed by atoms with Gasteiger partial charge < -0.3 is 5.32 Å². The molecule has 4 aliphatic rings. The van der Waals surface area contributed by atoms with E-state index in [0.717, 1.165) is 17.8 Å². The third-order valence-corrected chi connectivity index (χ3v) is 6.05. The van der Waals surface area contributed by atoms with Crippen molar-refractivity contribution in [3.8, 4) is 0 Å².